The first kappa shape index (κ1) is 27.5. The Morgan fingerprint density at radius 2 is 1.13 bits per heavy atom. The minimum absolute atomic E-state index is 0.694. The molecule has 0 radical (unpaired) electrons. The van der Waals surface area contributed by atoms with Crippen molar-refractivity contribution in [1.29, 1.82) is 0 Å². The van der Waals surface area contributed by atoms with Crippen LogP contribution in [0.4, 0.5) is 65.9 Å². The van der Waals surface area contributed by atoms with Crippen molar-refractivity contribution in [1.82, 2.24) is 4.90 Å². The van der Waals surface area contributed by atoms with Crippen LogP contribution in [0, 0.1) is 0 Å². The van der Waals surface area contributed by atoms with Crippen LogP contribution in [0.25, 0.3) is 0 Å². The summed E-state index contributed by atoms with van der Waals surface area (Å²) < 4.78 is 202. The standard InChI is InChI=1S/C12H8F15NO3/c13-6(14,8(16,17)10(21,22)23)5(29)7(15,9(18,19)20)31-12(26,27)11(24,25)28-1-3-30-4-2-28/h1-4H2. The first-order valence-corrected chi connectivity index (χ1v) is 7.38. The highest BCUT2D eigenvalue weighted by molar-refractivity contribution is 5.94. The zero-order valence-electron chi connectivity index (χ0n) is 14.2. The molecule has 0 aromatic carbocycles. The Morgan fingerprint density at radius 1 is 0.710 bits per heavy atom. The van der Waals surface area contributed by atoms with Gasteiger partial charge >= 0.3 is 42.2 Å². The molecule has 1 heterocycles. The predicted molar refractivity (Wildman–Crippen MR) is 64.2 cm³/mol. The fourth-order valence-electron chi connectivity index (χ4n) is 2.02. The van der Waals surface area contributed by atoms with Crippen LogP contribution < -0.4 is 0 Å². The zero-order chi connectivity index (χ0) is 24.9. The average Bonchev–Trinajstić information content (AvgIpc) is 2.59. The second kappa shape index (κ2) is 7.82. The Morgan fingerprint density at radius 3 is 1.48 bits per heavy atom. The number of alkyl halides is 15. The normalized spacial score (nSPS) is 20.5. The van der Waals surface area contributed by atoms with E-state index < -0.39 is 79.2 Å². The Bertz CT molecular complexity index is 667. The summed E-state index contributed by atoms with van der Waals surface area (Å²) in [6, 6.07) is -5.98. The minimum Gasteiger partial charge on any atom is -0.379 e. The highest BCUT2D eigenvalue weighted by atomic mass is 19.4. The summed E-state index contributed by atoms with van der Waals surface area (Å²) in [6.45, 7) is -3.82. The van der Waals surface area contributed by atoms with Gasteiger partial charge < -0.3 is 4.74 Å². The third-order valence-electron chi connectivity index (χ3n) is 3.72. The molecule has 19 heteroatoms. The average molecular weight is 499 g/mol. The fraction of sp³-hybridized carbons (Fsp3) is 0.917. The van der Waals surface area contributed by atoms with Gasteiger partial charge in [-0.25, -0.2) is 4.90 Å². The molecule has 0 spiro atoms. The molecule has 0 saturated carbocycles. The van der Waals surface area contributed by atoms with E-state index in [1.54, 1.807) is 0 Å². The van der Waals surface area contributed by atoms with Crippen molar-refractivity contribution in [3.8, 4) is 0 Å². The van der Waals surface area contributed by atoms with Crippen LogP contribution in [-0.4, -0.2) is 79.2 Å². The van der Waals surface area contributed by atoms with Crippen molar-refractivity contribution >= 4 is 5.78 Å². The second-order valence-electron chi connectivity index (χ2n) is 5.83. The number of morpholine rings is 1. The van der Waals surface area contributed by atoms with Crippen molar-refractivity contribution in [3.63, 3.8) is 0 Å². The van der Waals surface area contributed by atoms with Crippen LogP contribution in [0.1, 0.15) is 0 Å². The van der Waals surface area contributed by atoms with Crippen molar-refractivity contribution in [3.05, 3.63) is 0 Å². The topological polar surface area (TPSA) is 38.8 Å². The molecule has 0 aromatic heterocycles. The third-order valence-corrected chi connectivity index (χ3v) is 3.72. The van der Waals surface area contributed by atoms with Crippen molar-refractivity contribution < 1.29 is 80.1 Å². The number of Topliss-reactive ketones (excluding diaryl/α,β-unsaturated/α-hetero) is 1. The number of carbonyl (C=O) groups is 1. The maximum Gasteiger partial charge on any atom is 0.460 e. The Kier molecular flexibility index (Phi) is 6.95. The number of nitrogens with zero attached hydrogens (tertiary/aromatic N) is 1. The van der Waals surface area contributed by atoms with Crippen molar-refractivity contribution in [2.75, 3.05) is 26.3 Å². The molecule has 0 aliphatic carbocycles. The van der Waals surface area contributed by atoms with Crippen molar-refractivity contribution in [2.24, 2.45) is 0 Å². The Balaban J connectivity index is 3.47. The Hall–Kier alpha value is -1.50. The highest BCUT2D eigenvalue weighted by Crippen LogP contribution is 2.53. The van der Waals surface area contributed by atoms with Crippen LogP contribution in [-0.2, 0) is 14.3 Å². The molecule has 1 saturated heterocycles. The van der Waals surface area contributed by atoms with Gasteiger partial charge in [-0.15, -0.1) is 0 Å². The van der Waals surface area contributed by atoms with Gasteiger partial charge in [0.1, 0.15) is 0 Å². The molecule has 1 rings (SSSR count). The Labute approximate surface area is 160 Å². The summed E-state index contributed by atoms with van der Waals surface area (Å²) in [5.74, 6) is -28.1. The molecule has 0 bridgehead atoms. The van der Waals surface area contributed by atoms with Gasteiger partial charge in [-0.05, 0) is 0 Å². The van der Waals surface area contributed by atoms with Crippen molar-refractivity contribution in [2.45, 2.75) is 42.2 Å². The monoisotopic (exact) mass is 499 g/mol. The SMILES string of the molecule is O=C(C(F)(F)C(F)(F)C(F)(F)F)C(F)(OC(F)(F)C(F)(F)N1CCOCC1)C(F)(F)F. The van der Waals surface area contributed by atoms with E-state index in [2.05, 4.69) is 4.74 Å². The lowest BCUT2D eigenvalue weighted by Crippen LogP contribution is -2.68. The number of hydrogen-bond donors (Lipinski definition) is 0. The molecule has 1 aliphatic heterocycles. The maximum atomic E-state index is 14.0. The van der Waals surface area contributed by atoms with Crippen LogP contribution in [0.3, 0.4) is 0 Å². The van der Waals surface area contributed by atoms with Crippen LogP contribution >= 0.6 is 0 Å². The number of halogens is 15. The molecule has 1 unspecified atom stereocenters. The second-order valence-corrected chi connectivity index (χ2v) is 5.83. The molecular weight excluding hydrogens is 491 g/mol. The lowest BCUT2D eigenvalue weighted by molar-refractivity contribution is -0.462. The van der Waals surface area contributed by atoms with E-state index >= 15 is 0 Å². The summed E-state index contributed by atoms with van der Waals surface area (Å²) in [4.78, 5) is 10.4. The minimum atomic E-state index is -7.73. The summed E-state index contributed by atoms with van der Waals surface area (Å²) in [5, 5.41) is 0. The summed E-state index contributed by atoms with van der Waals surface area (Å²) >= 11 is 0. The van der Waals surface area contributed by atoms with Crippen LogP contribution in [0.5, 0.6) is 0 Å². The van der Waals surface area contributed by atoms with Gasteiger partial charge in [-0.3, -0.25) is 9.53 Å². The van der Waals surface area contributed by atoms with E-state index in [0.717, 1.165) is 0 Å². The predicted octanol–water partition coefficient (Wildman–Crippen LogP) is 4.15. The summed E-state index contributed by atoms with van der Waals surface area (Å²) in [6.07, 6.45) is -21.9. The quantitative estimate of drug-likeness (QED) is 0.390. The molecule has 4 nitrogen and oxygen atoms in total. The van der Waals surface area contributed by atoms with Crippen LogP contribution in [0.2, 0.25) is 0 Å². The third kappa shape index (κ3) is 4.53. The highest BCUT2D eigenvalue weighted by Gasteiger charge is 2.84. The zero-order valence-corrected chi connectivity index (χ0v) is 14.2. The van der Waals surface area contributed by atoms with E-state index in [9.17, 15) is 70.7 Å². The molecule has 184 valence electrons. The summed E-state index contributed by atoms with van der Waals surface area (Å²) in [5.41, 5.74) is 0. The molecule has 1 atom stereocenters. The number of carbonyl (C=O) groups excluding carboxylic acids is 1. The van der Waals surface area contributed by atoms with E-state index in [1.165, 1.54) is 0 Å². The van der Waals surface area contributed by atoms with Gasteiger partial charge in [0.15, 0.2) is 0 Å². The first-order chi connectivity index (χ1) is 13.5. The molecule has 1 fully saturated rings. The van der Waals surface area contributed by atoms with E-state index in [1.807, 2.05) is 4.74 Å². The van der Waals surface area contributed by atoms with Gasteiger partial charge in [-0.1, -0.05) is 0 Å². The number of ketones is 1. The van der Waals surface area contributed by atoms with Gasteiger partial charge in [0.05, 0.1) is 13.2 Å². The lowest BCUT2D eigenvalue weighted by atomic mass is 9.99. The van der Waals surface area contributed by atoms with Gasteiger partial charge in [0.25, 0.3) is 5.78 Å². The van der Waals surface area contributed by atoms with Gasteiger partial charge in [0, 0.05) is 13.1 Å². The number of rotatable bonds is 7. The van der Waals surface area contributed by atoms with Gasteiger partial charge in [-0.2, -0.15) is 65.9 Å². The molecule has 0 N–H and O–H groups in total. The molecule has 1 aliphatic rings. The van der Waals surface area contributed by atoms with Crippen LogP contribution in [0.15, 0.2) is 0 Å². The maximum absolute atomic E-state index is 14.0. The van der Waals surface area contributed by atoms with E-state index in [-0.39, 0.29) is 0 Å². The summed E-state index contributed by atoms with van der Waals surface area (Å²) in [7, 11) is 0. The number of hydrogen-bond acceptors (Lipinski definition) is 4. The molecular formula is C12H8F15NO3. The van der Waals surface area contributed by atoms with E-state index in [0.29, 0.717) is 0 Å². The molecule has 31 heavy (non-hydrogen) atoms. The lowest BCUT2D eigenvalue weighted by Gasteiger charge is -2.40. The number of ether oxygens (including phenoxy) is 2. The fourth-order valence-corrected chi connectivity index (χ4v) is 2.02. The first-order valence-electron chi connectivity index (χ1n) is 7.38. The van der Waals surface area contributed by atoms with E-state index in [4.69, 9.17) is 0 Å². The molecule has 0 aromatic rings. The largest absolute Gasteiger partial charge is 0.460 e. The smallest absolute Gasteiger partial charge is 0.379 e. The molecule has 0 amide bonds. The van der Waals surface area contributed by atoms with Gasteiger partial charge in [0.2, 0.25) is 0 Å².